The number of fused-ring (bicyclic) bond motifs is 2. The fourth-order valence-electron chi connectivity index (χ4n) is 3.31. The van der Waals surface area contributed by atoms with Gasteiger partial charge in [-0.05, 0) is 22.4 Å². The lowest BCUT2D eigenvalue weighted by molar-refractivity contribution is -0.120. The van der Waals surface area contributed by atoms with E-state index in [9.17, 15) is 4.79 Å². The summed E-state index contributed by atoms with van der Waals surface area (Å²) in [5.41, 5.74) is 5.76. The molecule has 0 spiro atoms. The van der Waals surface area contributed by atoms with Gasteiger partial charge in [0.2, 0.25) is 5.91 Å². The van der Waals surface area contributed by atoms with Gasteiger partial charge in [0.1, 0.15) is 0 Å². The Labute approximate surface area is 151 Å². The van der Waals surface area contributed by atoms with Crippen molar-refractivity contribution < 1.29 is 4.79 Å². The molecule has 0 fully saturated rings. The van der Waals surface area contributed by atoms with E-state index in [4.69, 9.17) is 0 Å². The molecule has 0 aliphatic heterocycles. The summed E-state index contributed by atoms with van der Waals surface area (Å²) in [7, 11) is 2.00. The molecule has 1 N–H and O–H groups in total. The summed E-state index contributed by atoms with van der Waals surface area (Å²) < 4.78 is 2.05. The lowest BCUT2D eigenvalue weighted by Crippen LogP contribution is -2.19. The molecule has 3 aromatic carbocycles. The predicted molar refractivity (Wildman–Crippen MR) is 106 cm³/mol. The number of hydrazone groups is 1. The van der Waals surface area contributed by atoms with Gasteiger partial charge in [-0.2, -0.15) is 5.10 Å². The van der Waals surface area contributed by atoms with Gasteiger partial charge in [-0.15, -0.1) is 0 Å². The number of aromatic nitrogens is 1. The van der Waals surface area contributed by atoms with Crippen molar-refractivity contribution in [2.75, 3.05) is 0 Å². The van der Waals surface area contributed by atoms with E-state index in [1.165, 1.54) is 0 Å². The van der Waals surface area contributed by atoms with Crippen LogP contribution in [0.1, 0.15) is 11.1 Å². The maximum atomic E-state index is 12.3. The van der Waals surface area contributed by atoms with Crippen molar-refractivity contribution in [2.45, 2.75) is 6.42 Å². The Hall–Kier alpha value is -3.40. The van der Waals surface area contributed by atoms with Gasteiger partial charge >= 0.3 is 0 Å². The van der Waals surface area contributed by atoms with E-state index >= 15 is 0 Å². The predicted octanol–water partition coefficient (Wildman–Crippen LogP) is 4.02. The van der Waals surface area contributed by atoms with Crippen molar-refractivity contribution >= 4 is 33.8 Å². The molecule has 26 heavy (non-hydrogen) atoms. The molecule has 4 rings (SSSR count). The highest BCUT2D eigenvalue weighted by Crippen LogP contribution is 2.19. The van der Waals surface area contributed by atoms with Crippen LogP contribution in [0.4, 0.5) is 0 Å². The smallest absolute Gasteiger partial charge is 0.244 e. The van der Waals surface area contributed by atoms with Crippen LogP contribution in [0.3, 0.4) is 0 Å². The van der Waals surface area contributed by atoms with Crippen molar-refractivity contribution in [3.8, 4) is 0 Å². The second-order valence-electron chi connectivity index (χ2n) is 6.32. The molecule has 1 aromatic heterocycles. The van der Waals surface area contributed by atoms with Gasteiger partial charge in [0.05, 0.1) is 12.6 Å². The van der Waals surface area contributed by atoms with Crippen molar-refractivity contribution in [2.24, 2.45) is 12.1 Å². The average molecular weight is 341 g/mol. The minimum Gasteiger partial charge on any atom is -0.350 e. The molecule has 4 aromatic rings. The zero-order valence-corrected chi connectivity index (χ0v) is 14.5. The largest absolute Gasteiger partial charge is 0.350 e. The van der Waals surface area contributed by atoms with E-state index < -0.39 is 0 Å². The Bertz CT molecular complexity index is 1120. The van der Waals surface area contributed by atoms with E-state index in [0.717, 1.165) is 32.8 Å². The Morgan fingerprint density at radius 1 is 1.00 bits per heavy atom. The molecule has 0 atom stereocenters. The molecule has 1 heterocycles. The number of hydrogen-bond acceptors (Lipinski definition) is 2. The highest BCUT2D eigenvalue weighted by atomic mass is 16.2. The fourth-order valence-corrected chi connectivity index (χ4v) is 3.31. The third-order valence-corrected chi connectivity index (χ3v) is 4.55. The number of nitrogens with one attached hydrogen (secondary N) is 1. The second-order valence-corrected chi connectivity index (χ2v) is 6.32. The third kappa shape index (κ3) is 3.09. The van der Waals surface area contributed by atoms with Gasteiger partial charge in [0.15, 0.2) is 0 Å². The van der Waals surface area contributed by atoms with Crippen LogP contribution in [0, 0.1) is 0 Å². The number of carbonyl (C=O) groups excluding carboxylic acids is 1. The number of nitrogens with zero attached hydrogens (tertiary/aromatic N) is 2. The average Bonchev–Trinajstić information content (AvgIpc) is 2.98. The summed E-state index contributed by atoms with van der Waals surface area (Å²) in [4.78, 5) is 12.3. The SMILES string of the molecule is Cn1cc(/C=N/NC(=O)Cc2cccc3ccccc23)c2ccccc21. The van der Waals surface area contributed by atoms with Gasteiger partial charge < -0.3 is 4.57 Å². The van der Waals surface area contributed by atoms with Crippen molar-refractivity contribution in [1.29, 1.82) is 0 Å². The highest BCUT2D eigenvalue weighted by Gasteiger charge is 2.07. The number of aryl methyl sites for hydroxylation is 1. The summed E-state index contributed by atoms with van der Waals surface area (Å²) in [5, 5.41) is 7.49. The summed E-state index contributed by atoms with van der Waals surface area (Å²) in [6, 6.07) is 22.2. The lowest BCUT2D eigenvalue weighted by Gasteiger charge is -2.05. The van der Waals surface area contributed by atoms with Crippen LogP contribution < -0.4 is 5.43 Å². The fraction of sp³-hybridized carbons (Fsp3) is 0.0909. The summed E-state index contributed by atoms with van der Waals surface area (Å²) in [6.07, 6.45) is 4.00. The van der Waals surface area contributed by atoms with E-state index in [1.54, 1.807) is 6.21 Å². The topological polar surface area (TPSA) is 46.4 Å². The van der Waals surface area contributed by atoms with Gasteiger partial charge in [-0.1, -0.05) is 60.7 Å². The highest BCUT2D eigenvalue weighted by molar-refractivity contribution is 5.99. The first-order valence-corrected chi connectivity index (χ1v) is 8.55. The van der Waals surface area contributed by atoms with Crippen LogP contribution in [0.15, 0.2) is 78.0 Å². The standard InChI is InChI=1S/C22H19N3O/c1-25-15-18(20-11-4-5-12-21(20)25)14-23-24-22(26)13-17-9-6-8-16-7-2-3-10-19(16)17/h2-12,14-15H,13H2,1H3,(H,24,26)/b23-14+. The second kappa shape index (κ2) is 6.84. The first-order chi connectivity index (χ1) is 12.7. The minimum atomic E-state index is -0.127. The number of carbonyl (C=O) groups is 1. The molecule has 0 aliphatic rings. The molecule has 0 unspecified atom stereocenters. The minimum absolute atomic E-state index is 0.127. The van der Waals surface area contributed by atoms with Gasteiger partial charge in [0.25, 0.3) is 0 Å². The van der Waals surface area contributed by atoms with E-state index in [1.807, 2.05) is 55.7 Å². The Kier molecular flexibility index (Phi) is 4.23. The Morgan fingerprint density at radius 3 is 2.62 bits per heavy atom. The summed E-state index contributed by atoms with van der Waals surface area (Å²) >= 11 is 0. The summed E-state index contributed by atoms with van der Waals surface area (Å²) in [5.74, 6) is -0.127. The van der Waals surface area contributed by atoms with Crippen molar-refractivity contribution in [1.82, 2.24) is 9.99 Å². The number of amides is 1. The summed E-state index contributed by atoms with van der Waals surface area (Å²) in [6.45, 7) is 0. The zero-order valence-electron chi connectivity index (χ0n) is 14.5. The maximum Gasteiger partial charge on any atom is 0.244 e. The maximum absolute atomic E-state index is 12.3. The van der Waals surface area contributed by atoms with E-state index in [-0.39, 0.29) is 5.91 Å². The first-order valence-electron chi connectivity index (χ1n) is 8.55. The van der Waals surface area contributed by atoms with Crippen molar-refractivity contribution in [3.05, 3.63) is 84.1 Å². The molecular formula is C22H19N3O. The molecular weight excluding hydrogens is 322 g/mol. The molecule has 4 heteroatoms. The molecule has 1 amide bonds. The molecule has 4 nitrogen and oxygen atoms in total. The molecule has 0 bridgehead atoms. The quantitative estimate of drug-likeness (QED) is 0.442. The van der Waals surface area contributed by atoms with Crippen LogP contribution in [0.25, 0.3) is 21.7 Å². The number of benzene rings is 3. The Morgan fingerprint density at radius 2 is 1.73 bits per heavy atom. The molecule has 0 saturated carbocycles. The van der Waals surface area contributed by atoms with Crippen molar-refractivity contribution in [3.63, 3.8) is 0 Å². The van der Waals surface area contributed by atoms with Crippen LogP contribution in [-0.2, 0) is 18.3 Å². The third-order valence-electron chi connectivity index (χ3n) is 4.55. The molecule has 0 radical (unpaired) electrons. The van der Waals surface area contributed by atoms with Gasteiger partial charge in [-0.25, -0.2) is 5.43 Å². The van der Waals surface area contributed by atoms with E-state index in [2.05, 4.69) is 39.4 Å². The monoisotopic (exact) mass is 341 g/mol. The van der Waals surface area contributed by atoms with E-state index in [0.29, 0.717) is 6.42 Å². The molecule has 0 saturated heterocycles. The zero-order chi connectivity index (χ0) is 17.9. The first kappa shape index (κ1) is 16.1. The normalized spacial score (nSPS) is 11.4. The van der Waals surface area contributed by atoms with Gasteiger partial charge in [-0.3, -0.25) is 4.79 Å². The number of hydrogen-bond donors (Lipinski definition) is 1. The van der Waals surface area contributed by atoms with Crippen LogP contribution in [-0.4, -0.2) is 16.7 Å². The van der Waals surface area contributed by atoms with Crippen LogP contribution >= 0.6 is 0 Å². The molecule has 128 valence electrons. The Balaban J connectivity index is 1.49. The van der Waals surface area contributed by atoms with Gasteiger partial charge in [0, 0.05) is 29.7 Å². The van der Waals surface area contributed by atoms with Crippen LogP contribution in [0.2, 0.25) is 0 Å². The lowest BCUT2D eigenvalue weighted by atomic mass is 10.0. The number of para-hydroxylation sites is 1. The van der Waals surface area contributed by atoms with Crippen LogP contribution in [0.5, 0.6) is 0 Å². The molecule has 0 aliphatic carbocycles. The number of rotatable bonds is 4.